The van der Waals surface area contributed by atoms with Gasteiger partial charge >= 0.3 is 0 Å². The number of aryl methyl sites for hydroxylation is 1. The fraction of sp³-hybridized carbons (Fsp3) is 0.316. The van der Waals surface area contributed by atoms with Crippen LogP contribution in [0, 0.1) is 6.92 Å². The predicted molar refractivity (Wildman–Crippen MR) is 97.3 cm³/mol. The Morgan fingerprint density at radius 2 is 1.85 bits per heavy atom. The summed E-state index contributed by atoms with van der Waals surface area (Å²) in [5.41, 5.74) is 1.07. The Bertz CT molecular complexity index is 941. The molecule has 0 bridgehead atoms. The molecule has 0 radical (unpaired) electrons. The van der Waals surface area contributed by atoms with E-state index in [0.717, 1.165) is 11.1 Å². The molecule has 0 fully saturated rings. The van der Waals surface area contributed by atoms with Gasteiger partial charge in [0.25, 0.3) is 5.91 Å². The third kappa shape index (κ3) is 3.08. The number of benzene rings is 1. The molecule has 138 valence electrons. The highest BCUT2D eigenvalue weighted by Gasteiger charge is 2.21. The van der Waals surface area contributed by atoms with Gasteiger partial charge in [0.1, 0.15) is 17.2 Å². The third-order valence-corrected chi connectivity index (χ3v) is 4.20. The number of carbonyl (C=O) groups excluding carboxylic acids is 1. The monoisotopic (exact) mass is 358 g/mol. The van der Waals surface area contributed by atoms with Crippen LogP contribution in [0.3, 0.4) is 0 Å². The van der Waals surface area contributed by atoms with Crippen molar-refractivity contribution >= 4 is 16.8 Å². The van der Waals surface area contributed by atoms with Gasteiger partial charge < -0.3 is 28.9 Å². The molecule has 0 saturated carbocycles. The van der Waals surface area contributed by atoms with Crippen LogP contribution in [-0.2, 0) is 0 Å². The molecule has 0 saturated heterocycles. The molecule has 1 amide bonds. The van der Waals surface area contributed by atoms with Gasteiger partial charge in [-0.25, -0.2) is 0 Å². The van der Waals surface area contributed by atoms with Gasteiger partial charge in [0.15, 0.2) is 11.5 Å². The van der Waals surface area contributed by atoms with Crippen LogP contribution in [0.5, 0.6) is 17.2 Å². The molecule has 7 nitrogen and oxygen atoms in total. The second kappa shape index (κ2) is 7.03. The summed E-state index contributed by atoms with van der Waals surface area (Å²) < 4.78 is 21.7. The third-order valence-electron chi connectivity index (χ3n) is 4.20. The zero-order valence-corrected chi connectivity index (χ0v) is 15.4. The lowest BCUT2D eigenvalue weighted by Gasteiger charge is -2.12. The Hall–Kier alpha value is -3.09. The molecule has 0 aliphatic rings. The second-order valence-electron chi connectivity index (χ2n) is 5.94. The highest BCUT2D eigenvalue weighted by atomic mass is 16.5. The largest absolute Gasteiger partial charge is 0.493 e. The van der Waals surface area contributed by atoms with E-state index in [2.05, 4.69) is 10.3 Å². The maximum Gasteiger partial charge on any atom is 0.268 e. The molecule has 7 heteroatoms. The van der Waals surface area contributed by atoms with Crippen LogP contribution in [0.2, 0.25) is 0 Å². The van der Waals surface area contributed by atoms with E-state index in [1.165, 1.54) is 7.11 Å². The average molecular weight is 358 g/mol. The second-order valence-corrected chi connectivity index (χ2v) is 5.94. The number of carbonyl (C=O) groups is 1. The minimum absolute atomic E-state index is 0.247. The van der Waals surface area contributed by atoms with E-state index in [9.17, 15) is 4.79 Å². The smallest absolute Gasteiger partial charge is 0.268 e. The minimum Gasteiger partial charge on any atom is -0.493 e. The Morgan fingerprint density at radius 3 is 2.42 bits per heavy atom. The van der Waals surface area contributed by atoms with Crippen LogP contribution in [-0.4, -0.2) is 32.2 Å². The zero-order chi connectivity index (χ0) is 18.8. The highest BCUT2D eigenvalue weighted by Crippen LogP contribution is 2.43. The minimum atomic E-state index is -0.256. The molecule has 2 heterocycles. The molecule has 3 aromatic rings. The molecule has 1 atom stereocenters. The summed E-state index contributed by atoms with van der Waals surface area (Å²) in [6, 6.07) is 7.00. The highest BCUT2D eigenvalue weighted by molar-refractivity contribution is 6.01. The first-order valence-electron chi connectivity index (χ1n) is 8.17. The molecule has 3 rings (SSSR count). The van der Waals surface area contributed by atoms with Crippen molar-refractivity contribution in [2.45, 2.75) is 19.9 Å². The van der Waals surface area contributed by atoms with Crippen LogP contribution in [0.4, 0.5) is 0 Å². The van der Waals surface area contributed by atoms with Gasteiger partial charge in [0, 0.05) is 5.39 Å². The van der Waals surface area contributed by atoms with Crippen LogP contribution >= 0.6 is 0 Å². The fourth-order valence-electron chi connectivity index (χ4n) is 2.90. The first-order chi connectivity index (χ1) is 12.5. The predicted octanol–water partition coefficient (Wildman–Crippen LogP) is 3.59. The van der Waals surface area contributed by atoms with E-state index in [1.54, 1.807) is 26.4 Å². The normalized spacial score (nSPS) is 12.0. The van der Waals surface area contributed by atoms with E-state index >= 15 is 0 Å². The van der Waals surface area contributed by atoms with Gasteiger partial charge in [-0.15, -0.1) is 0 Å². The SMILES string of the molecule is COc1cc2cc(C(=O)NC(C)c3ccc(C)o3)[nH]c2c(OC)c1OC. The van der Waals surface area contributed by atoms with Crippen molar-refractivity contribution in [2.75, 3.05) is 21.3 Å². The van der Waals surface area contributed by atoms with Crippen molar-refractivity contribution in [3.05, 3.63) is 41.5 Å². The Labute approximate surface area is 151 Å². The lowest BCUT2D eigenvalue weighted by molar-refractivity contribution is 0.0931. The number of hydrogen-bond acceptors (Lipinski definition) is 5. The molecule has 0 aliphatic heterocycles. The lowest BCUT2D eigenvalue weighted by atomic mass is 10.2. The zero-order valence-electron chi connectivity index (χ0n) is 15.4. The summed E-state index contributed by atoms with van der Waals surface area (Å²) in [4.78, 5) is 15.7. The van der Waals surface area contributed by atoms with Gasteiger partial charge in [-0.3, -0.25) is 4.79 Å². The number of ether oxygens (including phenoxy) is 3. The number of aromatic amines is 1. The molecule has 1 aromatic carbocycles. The molecule has 0 aliphatic carbocycles. The van der Waals surface area contributed by atoms with Crippen molar-refractivity contribution in [3.63, 3.8) is 0 Å². The van der Waals surface area contributed by atoms with Crippen molar-refractivity contribution in [3.8, 4) is 17.2 Å². The topological polar surface area (TPSA) is 85.7 Å². The lowest BCUT2D eigenvalue weighted by Crippen LogP contribution is -2.26. The molecule has 2 aromatic heterocycles. The van der Waals surface area contributed by atoms with E-state index in [4.69, 9.17) is 18.6 Å². The van der Waals surface area contributed by atoms with Crippen LogP contribution in [0.1, 0.15) is 35.0 Å². The molecular weight excluding hydrogens is 336 g/mol. The standard InChI is InChI=1S/C19H22N2O5/c1-10-6-7-14(26-10)11(2)20-19(22)13-8-12-9-15(23-3)17(24-4)18(25-5)16(12)21-13/h6-9,11,21H,1-5H3,(H,20,22). The summed E-state index contributed by atoms with van der Waals surface area (Å²) in [5.74, 6) is 2.74. The van der Waals surface area contributed by atoms with Crippen LogP contribution in [0.25, 0.3) is 10.9 Å². The number of methoxy groups -OCH3 is 3. The van der Waals surface area contributed by atoms with Gasteiger partial charge in [0.05, 0.1) is 32.9 Å². The van der Waals surface area contributed by atoms with E-state index in [1.807, 2.05) is 26.0 Å². The summed E-state index contributed by atoms with van der Waals surface area (Å²) in [6.45, 7) is 3.73. The first-order valence-corrected chi connectivity index (χ1v) is 8.17. The van der Waals surface area contributed by atoms with E-state index in [-0.39, 0.29) is 11.9 Å². The van der Waals surface area contributed by atoms with Gasteiger partial charge in [-0.1, -0.05) is 0 Å². The Balaban J connectivity index is 1.94. The Kier molecular flexibility index (Phi) is 4.79. The van der Waals surface area contributed by atoms with E-state index in [0.29, 0.717) is 34.2 Å². The molecular formula is C19H22N2O5. The number of rotatable bonds is 6. The van der Waals surface area contributed by atoms with Crippen LogP contribution in [0.15, 0.2) is 28.7 Å². The number of H-pyrrole nitrogens is 1. The van der Waals surface area contributed by atoms with E-state index < -0.39 is 0 Å². The average Bonchev–Trinajstić information content (AvgIpc) is 3.25. The maximum absolute atomic E-state index is 12.6. The number of aromatic nitrogens is 1. The van der Waals surface area contributed by atoms with Crippen molar-refractivity contribution in [2.24, 2.45) is 0 Å². The van der Waals surface area contributed by atoms with Gasteiger partial charge in [-0.2, -0.15) is 0 Å². The summed E-state index contributed by atoms with van der Waals surface area (Å²) in [7, 11) is 4.63. The summed E-state index contributed by atoms with van der Waals surface area (Å²) in [5, 5.41) is 3.70. The molecule has 1 unspecified atom stereocenters. The number of nitrogens with one attached hydrogen (secondary N) is 2. The van der Waals surface area contributed by atoms with Crippen molar-refractivity contribution in [1.82, 2.24) is 10.3 Å². The summed E-state index contributed by atoms with van der Waals surface area (Å²) >= 11 is 0. The summed E-state index contributed by atoms with van der Waals surface area (Å²) in [6.07, 6.45) is 0. The molecule has 0 spiro atoms. The molecule has 26 heavy (non-hydrogen) atoms. The van der Waals surface area contributed by atoms with Gasteiger partial charge in [0.2, 0.25) is 5.75 Å². The van der Waals surface area contributed by atoms with Crippen molar-refractivity contribution < 1.29 is 23.4 Å². The quantitative estimate of drug-likeness (QED) is 0.703. The number of fused-ring (bicyclic) bond motifs is 1. The fourth-order valence-corrected chi connectivity index (χ4v) is 2.90. The Morgan fingerprint density at radius 1 is 1.12 bits per heavy atom. The number of hydrogen-bond donors (Lipinski definition) is 2. The number of furan rings is 1. The molecule has 2 N–H and O–H groups in total. The van der Waals surface area contributed by atoms with Crippen molar-refractivity contribution in [1.29, 1.82) is 0 Å². The number of amides is 1. The van der Waals surface area contributed by atoms with Crippen LogP contribution < -0.4 is 19.5 Å². The first kappa shape index (κ1) is 17.7. The van der Waals surface area contributed by atoms with Gasteiger partial charge in [-0.05, 0) is 38.1 Å². The maximum atomic E-state index is 12.6.